The van der Waals surface area contributed by atoms with E-state index < -0.39 is 11.6 Å². The van der Waals surface area contributed by atoms with E-state index in [1.165, 1.54) is 12.1 Å². The lowest BCUT2D eigenvalue weighted by Gasteiger charge is -2.03. The van der Waals surface area contributed by atoms with Gasteiger partial charge in [-0.05, 0) is 42.5 Å². The zero-order valence-corrected chi connectivity index (χ0v) is 14.3. The second-order valence-electron chi connectivity index (χ2n) is 5.56. The highest BCUT2D eigenvalue weighted by molar-refractivity contribution is 7.98. The van der Waals surface area contributed by atoms with Crippen molar-refractivity contribution in [3.8, 4) is 0 Å². The molecule has 0 aliphatic heterocycles. The summed E-state index contributed by atoms with van der Waals surface area (Å²) in [6.07, 6.45) is 5.49. The molecule has 0 atom stereocenters. The van der Waals surface area contributed by atoms with E-state index in [4.69, 9.17) is 0 Å². The highest BCUT2D eigenvalue weighted by Crippen LogP contribution is 2.28. The zero-order chi connectivity index (χ0) is 17.9. The summed E-state index contributed by atoms with van der Waals surface area (Å²) in [6, 6.07) is 16.8. The molecule has 2 heterocycles. The minimum absolute atomic E-state index is 0.441. The molecular weight excluding hydrogens is 352 g/mol. The SMILES string of the molecule is Fc1cc(F)cc(Sn2nc(C=Cc3ccccn3)c3ccccc32)c1. The summed E-state index contributed by atoms with van der Waals surface area (Å²) in [5, 5.41) is 5.53. The maximum Gasteiger partial charge on any atom is 0.127 e. The third-order valence-electron chi connectivity index (χ3n) is 3.71. The Morgan fingerprint density at radius 2 is 1.65 bits per heavy atom. The Hall–Kier alpha value is -2.99. The Balaban J connectivity index is 1.73. The number of pyridine rings is 1. The Morgan fingerprint density at radius 3 is 2.42 bits per heavy atom. The molecule has 0 fully saturated rings. The second-order valence-corrected chi connectivity index (χ2v) is 6.56. The molecule has 0 aliphatic carbocycles. The van der Waals surface area contributed by atoms with Crippen LogP contribution in [0.4, 0.5) is 8.78 Å². The predicted octanol–water partition coefficient (Wildman–Crippen LogP) is 5.44. The standard InChI is InChI=1S/C20H13F2N3S/c21-14-11-15(22)13-17(12-14)26-25-20-7-2-1-6-18(20)19(24-25)9-8-16-5-3-4-10-23-16/h1-13H. The van der Waals surface area contributed by atoms with Crippen molar-refractivity contribution < 1.29 is 8.78 Å². The normalized spacial score (nSPS) is 11.5. The molecule has 0 saturated carbocycles. The molecule has 2 aromatic heterocycles. The molecule has 3 nitrogen and oxygen atoms in total. The molecule has 0 aliphatic rings. The summed E-state index contributed by atoms with van der Waals surface area (Å²) in [7, 11) is 0. The van der Waals surface area contributed by atoms with Gasteiger partial charge in [-0.2, -0.15) is 5.10 Å². The molecule has 128 valence electrons. The first kappa shape index (κ1) is 16.5. The van der Waals surface area contributed by atoms with Crippen LogP contribution in [0, 0.1) is 11.6 Å². The van der Waals surface area contributed by atoms with Crippen molar-refractivity contribution in [2.45, 2.75) is 4.90 Å². The fraction of sp³-hybridized carbons (Fsp3) is 0. The zero-order valence-electron chi connectivity index (χ0n) is 13.5. The van der Waals surface area contributed by atoms with Gasteiger partial charge in [-0.1, -0.05) is 24.3 Å². The number of hydrogen-bond donors (Lipinski definition) is 0. The average molecular weight is 365 g/mol. The van der Waals surface area contributed by atoms with Gasteiger partial charge in [-0.15, -0.1) is 0 Å². The molecule has 6 heteroatoms. The number of halogens is 2. The van der Waals surface area contributed by atoms with Crippen LogP contribution in [0.25, 0.3) is 23.1 Å². The number of fused-ring (bicyclic) bond motifs is 1. The quantitative estimate of drug-likeness (QED) is 0.483. The number of benzene rings is 2. The van der Waals surface area contributed by atoms with Crippen LogP contribution in [-0.2, 0) is 0 Å². The van der Waals surface area contributed by atoms with Crippen LogP contribution in [-0.4, -0.2) is 14.2 Å². The minimum Gasteiger partial charge on any atom is -0.257 e. The van der Waals surface area contributed by atoms with E-state index in [1.54, 1.807) is 10.3 Å². The fourth-order valence-corrected chi connectivity index (χ4v) is 3.49. The summed E-state index contributed by atoms with van der Waals surface area (Å²) in [6.45, 7) is 0. The summed E-state index contributed by atoms with van der Waals surface area (Å²) >= 11 is 1.16. The molecule has 4 aromatic rings. The van der Waals surface area contributed by atoms with Gasteiger partial charge < -0.3 is 0 Å². The van der Waals surface area contributed by atoms with Gasteiger partial charge in [0, 0.05) is 34.5 Å². The monoisotopic (exact) mass is 365 g/mol. The Kier molecular flexibility index (Phi) is 4.50. The largest absolute Gasteiger partial charge is 0.257 e. The maximum absolute atomic E-state index is 13.5. The first-order valence-electron chi connectivity index (χ1n) is 7.90. The van der Waals surface area contributed by atoms with Gasteiger partial charge in [-0.25, -0.2) is 12.9 Å². The van der Waals surface area contributed by atoms with E-state index in [0.717, 1.165) is 40.3 Å². The van der Waals surface area contributed by atoms with Gasteiger partial charge in [0.05, 0.1) is 16.9 Å². The predicted molar refractivity (Wildman–Crippen MR) is 101 cm³/mol. The van der Waals surface area contributed by atoms with E-state index in [-0.39, 0.29) is 0 Å². The molecule has 0 unspecified atom stereocenters. The van der Waals surface area contributed by atoms with Crippen LogP contribution in [0.1, 0.15) is 11.4 Å². The topological polar surface area (TPSA) is 30.7 Å². The van der Waals surface area contributed by atoms with Crippen molar-refractivity contribution in [2.24, 2.45) is 0 Å². The molecule has 0 radical (unpaired) electrons. The van der Waals surface area contributed by atoms with Gasteiger partial charge in [0.1, 0.15) is 11.6 Å². The lowest BCUT2D eigenvalue weighted by molar-refractivity contribution is 0.577. The lowest BCUT2D eigenvalue weighted by atomic mass is 10.2. The van der Waals surface area contributed by atoms with Crippen LogP contribution < -0.4 is 0 Å². The van der Waals surface area contributed by atoms with Crippen molar-refractivity contribution in [3.05, 3.63) is 89.9 Å². The third kappa shape index (κ3) is 3.50. The fourth-order valence-electron chi connectivity index (χ4n) is 2.58. The van der Waals surface area contributed by atoms with Crippen LogP contribution in [0.5, 0.6) is 0 Å². The van der Waals surface area contributed by atoms with Crippen molar-refractivity contribution in [3.63, 3.8) is 0 Å². The molecule has 0 amide bonds. The number of nitrogens with zero attached hydrogens (tertiary/aromatic N) is 3. The van der Waals surface area contributed by atoms with Crippen LogP contribution >= 0.6 is 11.9 Å². The average Bonchev–Trinajstić information content (AvgIpc) is 2.98. The summed E-state index contributed by atoms with van der Waals surface area (Å²) < 4.78 is 28.6. The summed E-state index contributed by atoms with van der Waals surface area (Å²) in [4.78, 5) is 4.70. The van der Waals surface area contributed by atoms with Crippen LogP contribution in [0.2, 0.25) is 0 Å². The molecule has 4 rings (SSSR count). The Morgan fingerprint density at radius 1 is 0.885 bits per heavy atom. The molecule has 0 N–H and O–H groups in total. The molecule has 2 aromatic carbocycles. The van der Waals surface area contributed by atoms with Crippen molar-refractivity contribution in [1.29, 1.82) is 0 Å². The van der Waals surface area contributed by atoms with Gasteiger partial charge in [0.25, 0.3) is 0 Å². The van der Waals surface area contributed by atoms with Crippen LogP contribution in [0.15, 0.2) is 71.8 Å². The van der Waals surface area contributed by atoms with Crippen molar-refractivity contribution in [1.82, 2.24) is 14.2 Å². The number of aromatic nitrogens is 3. The molecule has 0 saturated heterocycles. The number of hydrogen-bond acceptors (Lipinski definition) is 3. The summed E-state index contributed by atoms with van der Waals surface area (Å²) in [5.41, 5.74) is 2.45. The molecule has 0 bridgehead atoms. The van der Waals surface area contributed by atoms with E-state index in [1.807, 2.05) is 54.6 Å². The minimum atomic E-state index is -0.612. The molecule has 0 spiro atoms. The lowest BCUT2D eigenvalue weighted by Crippen LogP contribution is -1.91. The van der Waals surface area contributed by atoms with Crippen molar-refractivity contribution in [2.75, 3.05) is 0 Å². The van der Waals surface area contributed by atoms with Gasteiger partial charge >= 0.3 is 0 Å². The summed E-state index contributed by atoms with van der Waals surface area (Å²) in [5.74, 6) is -1.22. The smallest absolute Gasteiger partial charge is 0.127 e. The first-order valence-corrected chi connectivity index (χ1v) is 8.68. The third-order valence-corrected chi connectivity index (χ3v) is 4.61. The first-order chi connectivity index (χ1) is 12.7. The highest BCUT2D eigenvalue weighted by Gasteiger charge is 2.10. The van der Waals surface area contributed by atoms with E-state index >= 15 is 0 Å². The Bertz CT molecular complexity index is 1070. The van der Waals surface area contributed by atoms with Gasteiger partial charge in [0.15, 0.2) is 0 Å². The van der Waals surface area contributed by atoms with E-state index in [2.05, 4.69) is 10.1 Å². The van der Waals surface area contributed by atoms with Gasteiger partial charge in [-0.3, -0.25) is 4.98 Å². The van der Waals surface area contributed by atoms with E-state index in [9.17, 15) is 8.78 Å². The highest BCUT2D eigenvalue weighted by atomic mass is 32.2. The van der Waals surface area contributed by atoms with Crippen molar-refractivity contribution >= 4 is 35.0 Å². The van der Waals surface area contributed by atoms with E-state index in [0.29, 0.717) is 4.90 Å². The molecular formula is C20H13F2N3S. The second kappa shape index (κ2) is 7.09. The Labute approximate surface area is 153 Å². The van der Waals surface area contributed by atoms with Crippen LogP contribution in [0.3, 0.4) is 0 Å². The van der Waals surface area contributed by atoms with Gasteiger partial charge in [0.2, 0.25) is 0 Å². The number of rotatable bonds is 4. The molecule has 26 heavy (non-hydrogen) atoms. The maximum atomic E-state index is 13.5. The number of para-hydroxylation sites is 1.